The number of rotatable bonds is 5. The van der Waals surface area contributed by atoms with Crippen molar-refractivity contribution in [2.24, 2.45) is 0 Å². The van der Waals surface area contributed by atoms with Gasteiger partial charge in [0.2, 0.25) is 0 Å². The molecule has 0 bridgehead atoms. The van der Waals surface area contributed by atoms with Gasteiger partial charge in [-0.2, -0.15) is 10.5 Å². The molecule has 0 radical (unpaired) electrons. The molecule has 0 aliphatic heterocycles. The molecule has 0 aliphatic rings. The molecule has 2 aromatic rings. The third-order valence-corrected chi connectivity index (χ3v) is 3.74. The molecule has 0 fully saturated rings. The molecule has 25 heavy (non-hydrogen) atoms. The van der Waals surface area contributed by atoms with Crippen molar-refractivity contribution in [1.29, 1.82) is 10.5 Å². The van der Waals surface area contributed by atoms with Gasteiger partial charge in [0.1, 0.15) is 11.6 Å². The molecule has 0 atom stereocenters. The molecule has 0 heterocycles. The van der Waals surface area contributed by atoms with Crippen LogP contribution in [0.4, 0.5) is 11.4 Å². The zero-order valence-corrected chi connectivity index (χ0v) is 14.1. The summed E-state index contributed by atoms with van der Waals surface area (Å²) in [5, 5.41) is 23.8. The lowest BCUT2D eigenvalue weighted by Gasteiger charge is -2.12. The minimum atomic E-state index is -0.465. The maximum absolute atomic E-state index is 12.4. The van der Waals surface area contributed by atoms with E-state index in [-0.39, 0.29) is 5.57 Å². The van der Waals surface area contributed by atoms with Gasteiger partial charge in [0.15, 0.2) is 0 Å². The fourth-order valence-corrected chi connectivity index (χ4v) is 2.33. The highest BCUT2D eigenvalue weighted by molar-refractivity contribution is 6.07. The Morgan fingerprint density at radius 1 is 1.16 bits per heavy atom. The summed E-state index contributed by atoms with van der Waals surface area (Å²) in [5.74, 6) is -0.465. The average Bonchev–Trinajstić information content (AvgIpc) is 2.64. The summed E-state index contributed by atoms with van der Waals surface area (Å²) in [6, 6.07) is 16.5. The minimum absolute atomic E-state index is 0.0327. The van der Waals surface area contributed by atoms with E-state index in [0.717, 1.165) is 23.2 Å². The predicted octanol–water partition coefficient (Wildman–Crippen LogP) is 3.89. The third-order valence-electron chi connectivity index (χ3n) is 3.74. The molecular formula is C20H18N4O. The van der Waals surface area contributed by atoms with Gasteiger partial charge >= 0.3 is 0 Å². The topological polar surface area (TPSA) is 88.7 Å². The summed E-state index contributed by atoms with van der Waals surface area (Å²) >= 11 is 0. The van der Waals surface area contributed by atoms with Crippen molar-refractivity contribution in [3.05, 3.63) is 70.9 Å². The summed E-state index contributed by atoms with van der Waals surface area (Å²) in [5.41, 5.74) is 3.91. The highest BCUT2D eigenvalue weighted by atomic mass is 16.1. The Labute approximate surface area is 147 Å². The second-order valence-corrected chi connectivity index (χ2v) is 5.42. The van der Waals surface area contributed by atoms with Crippen LogP contribution in [-0.4, -0.2) is 5.91 Å². The molecule has 2 rings (SSSR count). The van der Waals surface area contributed by atoms with Gasteiger partial charge in [-0.25, -0.2) is 0 Å². The first-order valence-electron chi connectivity index (χ1n) is 7.85. The van der Waals surface area contributed by atoms with Crippen LogP contribution in [0.5, 0.6) is 0 Å². The minimum Gasteiger partial charge on any atom is -0.360 e. The second-order valence-electron chi connectivity index (χ2n) is 5.42. The summed E-state index contributed by atoms with van der Waals surface area (Å²) in [4.78, 5) is 12.4. The van der Waals surface area contributed by atoms with E-state index in [1.54, 1.807) is 24.3 Å². The monoisotopic (exact) mass is 330 g/mol. The van der Waals surface area contributed by atoms with Crippen LogP contribution < -0.4 is 10.6 Å². The number of aryl methyl sites for hydroxylation is 2. The molecule has 5 heteroatoms. The standard InChI is InChI=1S/C20H18N4O/c1-3-16-6-4-5-14(2)19(16)24-20(25)17(12-22)13-23-18-9-7-15(11-21)8-10-18/h4-10,13,23H,3H2,1-2H3,(H,24,25)/b17-13-. The summed E-state index contributed by atoms with van der Waals surface area (Å²) in [6.45, 7) is 3.93. The van der Waals surface area contributed by atoms with E-state index in [2.05, 4.69) is 10.6 Å². The van der Waals surface area contributed by atoms with Crippen LogP contribution in [0.3, 0.4) is 0 Å². The molecule has 2 N–H and O–H groups in total. The smallest absolute Gasteiger partial charge is 0.267 e. The molecule has 1 amide bonds. The van der Waals surface area contributed by atoms with Gasteiger partial charge in [-0.15, -0.1) is 0 Å². The van der Waals surface area contributed by atoms with E-state index in [1.807, 2.05) is 44.2 Å². The van der Waals surface area contributed by atoms with Crippen LogP contribution >= 0.6 is 0 Å². The first kappa shape index (κ1) is 17.8. The van der Waals surface area contributed by atoms with Crippen molar-refractivity contribution < 1.29 is 4.79 Å². The lowest BCUT2D eigenvalue weighted by Crippen LogP contribution is -2.16. The van der Waals surface area contributed by atoms with Gasteiger partial charge in [-0.3, -0.25) is 4.79 Å². The maximum Gasteiger partial charge on any atom is 0.267 e. The summed E-state index contributed by atoms with van der Waals surface area (Å²) < 4.78 is 0. The summed E-state index contributed by atoms with van der Waals surface area (Å²) in [7, 11) is 0. The quantitative estimate of drug-likeness (QED) is 0.643. The van der Waals surface area contributed by atoms with E-state index < -0.39 is 5.91 Å². The fraction of sp³-hybridized carbons (Fsp3) is 0.150. The van der Waals surface area contributed by atoms with Crippen LogP contribution in [0.15, 0.2) is 54.2 Å². The predicted molar refractivity (Wildman–Crippen MR) is 97.7 cm³/mol. The molecule has 2 aromatic carbocycles. The number of nitrogens with zero attached hydrogens (tertiary/aromatic N) is 2. The Balaban J connectivity index is 2.16. The van der Waals surface area contributed by atoms with Crippen LogP contribution in [0.2, 0.25) is 0 Å². The van der Waals surface area contributed by atoms with Gasteiger partial charge in [-0.05, 0) is 48.7 Å². The molecule has 0 aliphatic carbocycles. The number of amides is 1. The van der Waals surface area contributed by atoms with Crippen molar-refractivity contribution in [2.75, 3.05) is 10.6 Å². The van der Waals surface area contributed by atoms with Crippen molar-refractivity contribution in [1.82, 2.24) is 0 Å². The SMILES string of the molecule is CCc1cccc(C)c1NC(=O)/C(C#N)=C\Nc1ccc(C#N)cc1. The molecule has 0 saturated heterocycles. The van der Waals surface area contributed by atoms with Crippen LogP contribution in [-0.2, 0) is 11.2 Å². The van der Waals surface area contributed by atoms with Gasteiger partial charge in [0.05, 0.1) is 11.6 Å². The number of anilines is 2. The van der Waals surface area contributed by atoms with E-state index in [4.69, 9.17) is 5.26 Å². The number of hydrogen-bond donors (Lipinski definition) is 2. The van der Waals surface area contributed by atoms with Crippen LogP contribution in [0.1, 0.15) is 23.6 Å². The first-order valence-corrected chi connectivity index (χ1v) is 7.85. The zero-order chi connectivity index (χ0) is 18.2. The highest BCUT2D eigenvalue weighted by Crippen LogP contribution is 2.21. The van der Waals surface area contributed by atoms with Gasteiger partial charge in [-0.1, -0.05) is 25.1 Å². The van der Waals surface area contributed by atoms with Crippen molar-refractivity contribution in [3.8, 4) is 12.1 Å². The Kier molecular flexibility index (Phi) is 5.92. The van der Waals surface area contributed by atoms with E-state index in [0.29, 0.717) is 11.3 Å². The Bertz CT molecular complexity index is 883. The molecule has 0 saturated carbocycles. The van der Waals surface area contributed by atoms with E-state index in [1.165, 1.54) is 6.20 Å². The number of hydrogen-bond acceptors (Lipinski definition) is 4. The lowest BCUT2D eigenvalue weighted by atomic mass is 10.1. The first-order chi connectivity index (χ1) is 12.1. The van der Waals surface area contributed by atoms with Crippen molar-refractivity contribution in [3.63, 3.8) is 0 Å². The van der Waals surface area contributed by atoms with Gasteiger partial charge in [0, 0.05) is 17.6 Å². The van der Waals surface area contributed by atoms with Gasteiger partial charge in [0.25, 0.3) is 5.91 Å². The number of carbonyl (C=O) groups is 1. The molecule has 0 unspecified atom stereocenters. The number of nitriles is 2. The number of carbonyl (C=O) groups excluding carboxylic acids is 1. The largest absolute Gasteiger partial charge is 0.360 e. The summed E-state index contributed by atoms with van der Waals surface area (Å²) in [6.07, 6.45) is 2.15. The van der Waals surface area contributed by atoms with E-state index >= 15 is 0 Å². The third kappa shape index (κ3) is 4.46. The second kappa shape index (κ2) is 8.33. The van der Waals surface area contributed by atoms with Crippen LogP contribution in [0.25, 0.3) is 0 Å². The lowest BCUT2D eigenvalue weighted by molar-refractivity contribution is -0.112. The zero-order valence-electron chi connectivity index (χ0n) is 14.1. The molecule has 124 valence electrons. The molecular weight excluding hydrogens is 312 g/mol. The van der Waals surface area contributed by atoms with Crippen LogP contribution in [0, 0.1) is 29.6 Å². The highest BCUT2D eigenvalue weighted by Gasteiger charge is 2.13. The fourth-order valence-electron chi connectivity index (χ4n) is 2.33. The number of nitrogens with one attached hydrogen (secondary N) is 2. The Morgan fingerprint density at radius 2 is 1.88 bits per heavy atom. The Hall–Kier alpha value is -3.57. The number of para-hydroxylation sites is 1. The Morgan fingerprint density at radius 3 is 2.48 bits per heavy atom. The van der Waals surface area contributed by atoms with Gasteiger partial charge < -0.3 is 10.6 Å². The van der Waals surface area contributed by atoms with Crippen molar-refractivity contribution in [2.45, 2.75) is 20.3 Å². The average molecular weight is 330 g/mol. The molecule has 0 spiro atoms. The molecule has 5 nitrogen and oxygen atoms in total. The van der Waals surface area contributed by atoms with Crippen molar-refractivity contribution >= 4 is 17.3 Å². The normalized spacial score (nSPS) is 10.5. The number of benzene rings is 2. The maximum atomic E-state index is 12.4. The molecule has 0 aromatic heterocycles. The van der Waals surface area contributed by atoms with E-state index in [9.17, 15) is 10.1 Å².